The van der Waals surface area contributed by atoms with Crippen molar-refractivity contribution in [3.05, 3.63) is 36.4 Å². The van der Waals surface area contributed by atoms with Gasteiger partial charge in [-0.25, -0.2) is 19.5 Å². The zero-order chi connectivity index (χ0) is 21.3. The summed E-state index contributed by atoms with van der Waals surface area (Å²) in [5, 5.41) is 4.16. The molecule has 7 nitrogen and oxygen atoms in total. The molecule has 158 valence electrons. The summed E-state index contributed by atoms with van der Waals surface area (Å²) in [6, 6.07) is 5.94. The molecule has 1 saturated carbocycles. The Hall–Kier alpha value is -2.96. The first-order valence-electron chi connectivity index (χ1n) is 10.8. The van der Waals surface area contributed by atoms with Gasteiger partial charge in [0.1, 0.15) is 11.3 Å². The van der Waals surface area contributed by atoms with Crippen molar-refractivity contribution in [2.75, 3.05) is 5.73 Å². The van der Waals surface area contributed by atoms with Crippen molar-refractivity contribution in [2.45, 2.75) is 66.3 Å². The van der Waals surface area contributed by atoms with Crippen molar-refractivity contribution in [3.63, 3.8) is 0 Å². The summed E-state index contributed by atoms with van der Waals surface area (Å²) < 4.78 is 3.82. The molecule has 1 fully saturated rings. The fourth-order valence-corrected chi connectivity index (χ4v) is 4.28. The molecule has 0 bridgehead atoms. The van der Waals surface area contributed by atoms with E-state index in [0.717, 1.165) is 40.3 Å². The van der Waals surface area contributed by atoms with Crippen molar-refractivity contribution in [1.82, 2.24) is 29.1 Å². The maximum Gasteiger partial charge on any atom is 0.238 e. The number of hydrogen-bond acceptors (Lipinski definition) is 5. The molecule has 0 saturated heterocycles. The van der Waals surface area contributed by atoms with Crippen molar-refractivity contribution >= 4 is 22.6 Å². The predicted molar refractivity (Wildman–Crippen MR) is 121 cm³/mol. The molecule has 4 aromatic heterocycles. The first-order valence-corrected chi connectivity index (χ1v) is 10.8. The Kier molecular flexibility index (Phi) is 5.45. The molecule has 0 radical (unpaired) electrons. The Morgan fingerprint density at radius 3 is 2.50 bits per heavy atom. The number of fused-ring (bicyclic) bond motifs is 2. The van der Waals surface area contributed by atoms with Gasteiger partial charge in [0, 0.05) is 18.3 Å². The van der Waals surface area contributed by atoms with Crippen molar-refractivity contribution in [1.29, 1.82) is 0 Å². The molecule has 2 N–H and O–H groups in total. The average molecular weight is 406 g/mol. The molecule has 4 heterocycles. The van der Waals surface area contributed by atoms with E-state index in [9.17, 15) is 0 Å². The number of pyridine rings is 1. The van der Waals surface area contributed by atoms with E-state index in [1.807, 2.05) is 31.3 Å². The molecule has 7 heteroatoms. The maximum atomic E-state index is 5.62. The summed E-state index contributed by atoms with van der Waals surface area (Å²) in [5.41, 5.74) is 10.8. The number of anilines is 1. The van der Waals surface area contributed by atoms with E-state index in [4.69, 9.17) is 10.7 Å². The van der Waals surface area contributed by atoms with Gasteiger partial charge in [0.15, 0.2) is 5.65 Å². The smallest absolute Gasteiger partial charge is 0.238 e. The van der Waals surface area contributed by atoms with Gasteiger partial charge in [-0.15, -0.1) is 5.10 Å². The Labute approximate surface area is 177 Å². The molecule has 4 aromatic rings. The number of aryl methyl sites for hydroxylation is 2. The van der Waals surface area contributed by atoms with Crippen LogP contribution in [0.15, 0.2) is 30.6 Å². The lowest BCUT2D eigenvalue weighted by atomic mass is 9.78. The number of nitrogen functional groups attached to an aromatic ring is 1. The second-order valence-corrected chi connectivity index (χ2v) is 8.84. The Morgan fingerprint density at radius 2 is 1.83 bits per heavy atom. The number of imidazole rings is 1. The van der Waals surface area contributed by atoms with E-state index in [-0.39, 0.29) is 5.95 Å². The molecular formula is C23H31N7. The zero-order valence-electron chi connectivity index (χ0n) is 18.4. The quantitative estimate of drug-likeness (QED) is 0.505. The molecular weight excluding hydrogens is 374 g/mol. The minimum absolute atomic E-state index is 0.248. The third-order valence-corrected chi connectivity index (χ3v) is 6.02. The summed E-state index contributed by atoms with van der Waals surface area (Å²) in [4.78, 5) is 13.4. The van der Waals surface area contributed by atoms with Gasteiger partial charge < -0.3 is 10.3 Å². The highest BCUT2D eigenvalue weighted by atomic mass is 15.3. The number of nitrogens with zero attached hydrogens (tertiary/aromatic N) is 6. The fourth-order valence-electron chi connectivity index (χ4n) is 4.28. The van der Waals surface area contributed by atoms with Crippen LogP contribution in [0, 0.1) is 12.3 Å². The lowest BCUT2D eigenvalue weighted by molar-refractivity contribution is 0.244. The Bertz CT molecular complexity index is 1160. The van der Waals surface area contributed by atoms with Crippen LogP contribution >= 0.6 is 0 Å². The minimum atomic E-state index is 0.248. The minimum Gasteiger partial charge on any atom is -0.367 e. The predicted octanol–water partition coefficient (Wildman–Crippen LogP) is 5.03. The maximum absolute atomic E-state index is 5.62. The van der Waals surface area contributed by atoms with Gasteiger partial charge in [-0.1, -0.05) is 33.1 Å². The highest BCUT2D eigenvalue weighted by Crippen LogP contribution is 2.34. The molecule has 0 atom stereocenters. The highest BCUT2D eigenvalue weighted by Gasteiger charge is 2.20. The standard InChI is InChI=1S/C15H15N7.C8H16/c1-3-21-9(2)18-12-5-4-11(19-14(12)21)10-6-7-22-13(10)8-17-15(16)20-22;1-8(2)6-4-3-5-7-8/h4-8H,3H2,1-2H3,(H2,16,20);3-7H2,1-2H3. The summed E-state index contributed by atoms with van der Waals surface area (Å²) >= 11 is 0. The molecule has 0 unspecified atom stereocenters. The molecule has 5 rings (SSSR count). The first-order chi connectivity index (χ1) is 14.4. The second kappa shape index (κ2) is 8.05. The summed E-state index contributed by atoms with van der Waals surface area (Å²) in [5.74, 6) is 1.22. The molecule has 0 aliphatic heterocycles. The molecule has 0 amide bonds. The number of hydrogen-bond donors (Lipinski definition) is 1. The Balaban J connectivity index is 0.000000230. The zero-order valence-corrected chi connectivity index (χ0v) is 18.4. The SMILES string of the molecule is CC1(C)CCCCC1.CCn1c(C)nc2ccc(-c3ccn4nc(N)ncc34)nc21. The van der Waals surface area contributed by atoms with Crippen LogP contribution in [0.25, 0.3) is 27.9 Å². The summed E-state index contributed by atoms with van der Waals surface area (Å²) in [6.07, 6.45) is 10.9. The fraction of sp³-hybridized carbons (Fsp3) is 0.478. The summed E-state index contributed by atoms with van der Waals surface area (Å²) in [7, 11) is 0. The average Bonchev–Trinajstić information content (AvgIpc) is 3.27. The lowest BCUT2D eigenvalue weighted by Crippen LogP contribution is -2.14. The lowest BCUT2D eigenvalue weighted by Gasteiger charge is -2.28. The van der Waals surface area contributed by atoms with Crippen LogP contribution in [0.4, 0.5) is 5.95 Å². The van der Waals surface area contributed by atoms with E-state index in [1.165, 1.54) is 32.1 Å². The number of rotatable bonds is 2. The van der Waals surface area contributed by atoms with Crippen LogP contribution in [-0.4, -0.2) is 29.1 Å². The van der Waals surface area contributed by atoms with Crippen molar-refractivity contribution in [2.24, 2.45) is 5.41 Å². The van der Waals surface area contributed by atoms with Gasteiger partial charge in [-0.05, 0) is 50.3 Å². The normalized spacial score (nSPS) is 15.9. The van der Waals surface area contributed by atoms with E-state index in [2.05, 4.69) is 40.4 Å². The Morgan fingerprint density at radius 1 is 1.07 bits per heavy atom. The van der Waals surface area contributed by atoms with Crippen LogP contribution in [0.1, 0.15) is 58.7 Å². The van der Waals surface area contributed by atoms with Crippen LogP contribution < -0.4 is 5.73 Å². The number of nitrogens with two attached hydrogens (primary N) is 1. The van der Waals surface area contributed by atoms with Gasteiger partial charge in [0.2, 0.25) is 5.95 Å². The molecule has 0 aromatic carbocycles. The summed E-state index contributed by atoms with van der Waals surface area (Å²) in [6.45, 7) is 9.69. The molecule has 30 heavy (non-hydrogen) atoms. The van der Waals surface area contributed by atoms with Crippen molar-refractivity contribution in [3.8, 4) is 11.3 Å². The van der Waals surface area contributed by atoms with Crippen LogP contribution in [0.2, 0.25) is 0 Å². The third kappa shape index (κ3) is 4.01. The van der Waals surface area contributed by atoms with Crippen LogP contribution in [-0.2, 0) is 6.54 Å². The van der Waals surface area contributed by atoms with Gasteiger partial charge >= 0.3 is 0 Å². The van der Waals surface area contributed by atoms with E-state index in [0.29, 0.717) is 5.41 Å². The highest BCUT2D eigenvalue weighted by molar-refractivity contribution is 5.82. The second-order valence-electron chi connectivity index (χ2n) is 8.84. The van der Waals surface area contributed by atoms with Crippen LogP contribution in [0.5, 0.6) is 0 Å². The van der Waals surface area contributed by atoms with Crippen molar-refractivity contribution < 1.29 is 0 Å². The van der Waals surface area contributed by atoms with Gasteiger partial charge in [-0.3, -0.25) is 0 Å². The number of aromatic nitrogens is 6. The van der Waals surface area contributed by atoms with Gasteiger partial charge in [0.05, 0.1) is 17.4 Å². The van der Waals surface area contributed by atoms with E-state index < -0.39 is 0 Å². The van der Waals surface area contributed by atoms with Gasteiger partial charge in [0.25, 0.3) is 0 Å². The molecule has 0 spiro atoms. The van der Waals surface area contributed by atoms with Gasteiger partial charge in [-0.2, -0.15) is 0 Å². The molecule has 1 aliphatic carbocycles. The topological polar surface area (TPSA) is 86.9 Å². The largest absolute Gasteiger partial charge is 0.367 e. The first kappa shape index (κ1) is 20.3. The third-order valence-electron chi connectivity index (χ3n) is 6.02. The molecule has 1 aliphatic rings. The monoisotopic (exact) mass is 405 g/mol. The van der Waals surface area contributed by atoms with E-state index in [1.54, 1.807) is 10.7 Å². The van der Waals surface area contributed by atoms with Crippen LogP contribution in [0.3, 0.4) is 0 Å². The van der Waals surface area contributed by atoms with E-state index >= 15 is 0 Å².